The molecular weight excluding hydrogens is 520 g/mol. The molecule has 0 radical (unpaired) electrons. The van der Waals surface area contributed by atoms with Crippen molar-refractivity contribution >= 4 is 23.9 Å². The lowest BCUT2D eigenvalue weighted by molar-refractivity contribution is -0.374. The van der Waals surface area contributed by atoms with Gasteiger partial charge in [0.2, 0.25) is 17.3 Å². The van der Waals surface area contributed by atoms with Crippen molar-refractivity contribution in [2.75, 3.05) is 7.11 Å². The van der Waals surface area contributed by atoms with Crippen LogP contribution in [0.15, 0.2) is 42.5 Å². The maximum absolute atomic E-state index is 12.8. The quantitative estimate of drug-likeness (QED) is 0.178. The summed E-state index contributed by atoms with van der Waals surface area (Å²) in [7, 11) is 0.798. The highest BCUT2D eigenvalue weighted by molar-refractivity contribution is 5.98. The molecule has 0 saturated carbocycles. The third kappa shape index (κ3) is 4.92. The molecule has 3 rings (SSSR count). The van der Waals surface area contributed by atoms with Crippen LogP contribution in [0.5, 0.6) is 0 Å². The molecule has 0 amide bonds. The number of aliphatic hydroxyl groups excluding tert-OH is 2. The number of hydrogen-bond acceptors (Lipinski definition) is 11. The zero-order chi connectivity index (χ0) is 29.3. The number of carboxylic acids is 2. The fourth-order valence-electron chi connectivity index (χ4n) is 5.31. The van der Waals surface area contributed by atoms with E-state index in [1.807, 2.05) is 37.3 Å². The Hall–Kier alpha value is -3.36. The molecule has 2 heterocycles. The summed E-state index contributed by atoms with van der Waals surface area (Å²) >= 11 is 0. The van der Waals surface area contributed by atoms with Crippen LogP contribution in [-0.2, 0) is 44.5 Å². The average Bonchev–Trinajstić information content (AvgIpc) is 3.08. The van der Waals surface area contributed by atoms with Crippen molar-refractivity contribution in [3.63, 3.8) is 0 Å². The Bertz CT molecular complexity index is 1140. The SMILES string of the molecule is C=C(CC[C@]12O[C@H](C(=O)O)[C@@](O)(C(=O)O)[C@](C(=O)OC)(O1)[C@H](O)[C@H]2O)[C@@H](OC(C)=O)[C@H](C)Cc1ccccc1. The summed E-state index contributed by atoms with van der Waals surface area (Å²) in [6.45, 7) is 7.01. The van der Waals surface area contributed by atoms with E-state index in [4.69, 9.17) is 14.2 Å². The highest BCUT2D eigenvalue weighted by atomic mass is 16.8. The van der Waals surface area contributed by atoms with Crippen LogP contribution in [0.4, 0.5) is 0 Å². The molecule has 0 unspecified atom stereocenters. The smallest absolute Gasteiger partial charge is 0.345 e. The summed E-state index contributed by atoms with van der Waals surface area (Å²) in [5, 5.41) is 52.3. The van der Waals surface area contributed by atoms with E-state index in [1.165, 1.54) is 6.92 Å². The van der Waals surface area contributed by atoms with Crippen LogP contribution in [0.1, 0.15) is 32.3 Å². The van der Waals surface area contributed by atoms with Gasteiger partial charge in [-0.1, -0.05) is 43.8 Å². The third-order valence-corrected chi connectivity index (χ3v) is 7.21. The van der Waals surface area contributed by atoms with Gasteiger partial charge >= 0.3 is 23.9 Å². The molecule has 8 atom stereocenters. The lowest BCUT2D eigenvalue weighted by Gasteiger charge is -2.49. The van der Waals surface area contributed by atoms with E-state index in [-0.39, 0.29) is 12.3 Å². The fourth-order valence-corrected chi connectivity index (χ4v) is 5.31. The van der Waals surface area contributed by atoms with Crippen LogP contribution in [0.2, 0.25) is 0 Å². The second kappa shape index (κ2) is 11.0. The number of carboxylic acid groups (broad SMARTS) is 2. The number of rotatable bonds is 11. The van der Waals surface area contributed by atoms with Crippen LogP contribution in [-0.4, -0.2) is 97.9 Å². The molecule has 2 fully saturated rings. The fraction of sp³-hybridized carbons (Fsp3) is 0.538. The van der Waals surface area contributed by atoms with Crippen LogP contribution >= 0.6 is 0 Å². The van der Waals surface area contributed by atoms with Gasteiger partial charge < -0.3 is 44.5 Å². The van der Waals surface area contributed by atoms with Gasteiger partial charge in [0.15, 0.2) is 5.79 Å². The predicted octanol–water partition coefficient (Wildman–Crippen LogP) is -0.207. The Kier molecular flexibility index (Phi) is 8.53. The molecule has 39 heavy (non-hydrogen) atoms. The second-order valence-corrected chi connectivity index (χ2v) is 9.79. The van der Waals surface area contributed by atoms with Gasteiger partial charge in [-0.25, -0.2) is 14.4 Å². The van der Waals surface area contributed by atoms with Gasteiger partial charge in [0.25, 0.3) is 0 Å². The van der Waals surface area contributed by atoms with E-state index >= 15 is 0 Å². The first kappa shape index (κ1) is 30.2. The van der Waals surface area contributed by atoms with Crippen LogP contribution in [0, 0.1) is 5.92 Å². The van der Waals surface area contributed by atoms with Crippen molar-refractivity contribution < 1.29 is 63.7 Å². The van der Waals surface area contributed by atoms with Gasteiger partial charge in [-0.3, -0.25) is 4.79 Å². The maximum Gasteiger partial charge on any atom is 0.345 e. The molecular formula is C26H32O13. The molecule has 2 aliphatic rings. The first-order valence-electron chi connectivity index (χ1n) is 12.1. The zero-order valence-electron chi connectivity index (χ0n) is 21.6. The molecule has 13 nitrogen and oxygen atoms in total. The Labute approximate surface area is 223 Å². The van der Waals surface area contributed by atoms with Crippen LogP contribution < -0.4 is 0 Å². The Morgan fingerprint density at radius 1 is 1.10 bits per heavy atom. The summed E-state index contributed by atoms with van der Waals surface area (Å²) < 4.78 is 20.9. The number of esters is 2. The molecule has 5 N–H and O–H groups in total. The Morgan fingerprint density at radius 2 is 1.72 bits per heavy atom. The van der Waals surface area contributed by atoms with Crippen LogP contribution in [0.25, 0.3) is 0 Å². The van der Waals surface area contributed by atoms with Crippen molar-refractivity contribution in [1.82, 2.24) is 0 Å². The number of benzene rings is 1. The van der Waals surface area contributed by atoms with Gasteiger partial charge in [0, 0.05) is 19.3 Å². The molecule has 0 aliphatic carbocycles. The van der Waals surface area contributed by atoms with Crippen molar-refractivity contribution in [1.29, 1.82) is 0 Å². The summed E-state index contributed by atoms with van der Waals surface area (Å²) in [6, 6.07) is 9.35. The zero-order valence-corrected chi connectivity index (χ0v) is 21.6. The minimum absolute atomic E-state index is 0.157. The standard InChI is InChI=1S/C26H32O13/c1-13(17(37-15(3)27)14(2)12-16-8-6-5-7-9-16)10-11-24-18(28)19(29)26(39-24,23(34)36-4)25(35,22(32)33)20(38-24)21(30)31/h5-9,14,17-20,28-29,35H,1,10-12H2,2-4H3,(H,30,31)(H,32,33)/t14-,17-,18-,19-,20-,24+,25-,26+/m1/s1. The molecule has 2 bridgehead atoms. The summed E-state index contributed by atoms with van der Waals surface area (Å²) in [6.07, 6.45) is -8.31. The van der Waals surface area contributed by atoms with Gasteiger partial charge in [-0.15, -0.1) is 0 Å². The molecule has 2 aliphatic heterocycles. The number of hydrogen-bond donors (Lipinski definition) is 5. The normalized spacial score (nSPS) is 33.0. The van der Waals surface area contributed by atoms with Crippen LogP contribution in [0.3, 0.4) is 0 Å². The maximum atomic E-state index is 12.8. The molecule has 0 spiro atoms. The van der Waals surface area contributed by atoms with E-state index < -0.39 is 71.7 Å². The minimum Gasteiger partial charge on any atom is -0.479 e. The van der Waals surface area contributed by atoms with Crippen molar-refractivity contribution in [2.24, 2.45) is 5.92 Å². The molecule has 1 aromatic rings. The molecule has 2 saturated heterocycles. The Balaban J connectivity index is 1.95. The molecule has 13 heteroatoms. The number of methoxy groups -OCH3 is 1. The van der Waals surface area contributed by atoms with Gasteiger partial charge in [0.05, 0.1) is 7.11 Å². The van der Waals surface area contributed by atoms with E-state index in [1.54, 1.807) is 0 Å². The molecule has 0 aromatic heterocycles. The Morgan fingerprint density at radius 3 is 2.23 bits per heavy atom. The highest BCUT2D eigenvalue weighted by Gasteiger charge is 2.84. The monoisotopic (exact) mass is 552 g/mol. The van der Waals surface area contributed by atoms with Crippen molar-refractivity contribution in [2.45, 2.75) is 74.5 Å². The highest BCUT2D eigenvalue weighted by Crippen LogP contribution is 2.55. The third-order valence-electron chi connectivity index (χ3n) is 7.21. The number of carbonyl (C=O) groups excluding carboxylic acids is 2. The van der Waals surface area contributed by atoms with Gasteiger partial charge in [0.1, 0.15) is 18.3 Å². The number of ether oxygens (including phenoxy) is 4. The van der Waals surface area contributed by atoms with Crippen molar-refractivity contribution in [3.05, 3.63) is 48.0 Å². The number of carbonyl (C=O) groups is 4. The van der Waals surface area contributed by atoms with Gasteiger partial charge in [-0.2, -0.15) is 0 Å². The largest absolute Gasteiger partial charge is 0.479 e. The average molecular weight is 553 g/mol. The summed E-state index contributed by atoms with van der Waals surface area (Å²) in [5.74, 6) is -9.27. The lowest BCUT2D eigenvalue weighted by atomic mass is 9.74. The predicted molar refractivity (Wildman–Crippen MR) is 129 cm³/mol. The van der Waals surface area contributed by atoms with E-state index in [0.29, 0.717) is 12.0 Å². The van der Waals surface area contributed by atoms with E-state index in [9.17, 15) is 44.7 Å². The van der Waals surface area contributed by atoms with E-state index in [0.717, 1.165) is 12.7 Å². The van der Waals surface area contributed by atoms with Crippen molar-refractivity contribution in [3.8, 4) is 0 Å². The summed E-state index contributed by atoms with van der Waals surface area (Å²) in [5.41, 5.74) is -5.68. The first-order valence-corrected chi connectivity index (χ1v) is 12.1. The number of aliphatic hydroxyl groups is 3. The lowest BCUT2D eigenvalue weighted by Crippen LogP contribution is -2.78. The minimum atomic E-state index is -3.69. The first-order chi connectivity index (χ1) is 18.2. The van der Waals surface area contributed by atoms with E-state index in [2.05, 4.69) is 11.3 Å². The van der Waals surface area contributed by atoms with Gasteiger partial charge in [-0.05, 0) is 24.0 Å². The molecule has 1 aromatic carbocycles. The topological polar surface area (TPSA) is 206 Å². The second-order valence-electron chi connectivity index (χ2n) is 9.79. The molecule has 214 valence electrons. The number of fused-ring (bicyclic) bond motifs is 2. The summed E-state index contributed by atoms with van der Waals surface area (Å²) in [4.78, 5) is 48.8. The number of aliphatic carboxylic acids is 2.